The van der Waals surface area contributed by atoms with E-state index in [1.165, 1.54) is 0 Å². The minimum atomic E-state index is 0.882. The Morgan fingerprint density at radius 2 is 1.38 bits per heavy atom. The first-order valence-electron chi connectivity index (χ1n) is 4.75. The summed E-state index contributed by atoms with van der Waals surface area (Å²) < 4.78 is 1.99. The molecule has 0 saturated carbocycles. The van der Waals surface area contributed by atoms with E-state index in [1.807, 2.05) is 19.2 Å². The van der Waals surface area contributed by atoms with Crippen molar-refractivity contribution in [3.8, 4) is 0 Å². The molecule has 5 heteroatoms. The Morgan fingerprint density at radius 3 is 1.81 bits per heavy atom. The molecule has 80 valence electrons. The molecule has 0 atom stereocenters. The van der Waals surface area contributed by atoms with Crippen molar-refractivity contribution in [1.29, 1.82) is 0 Å². The van der Waals surface area contributed by atoms with Gasteiger partial charge >= 0.3 is 0 Å². The summed E-state index contributed by atoms with van der Waals surface area (Å²) in [5, 5.41) is 11.0. The summed E-state index contributed by atoms with van der Waals surface area (Å²) >= 11 is 7.19. The molecule has 2 aromatic carbocycles. The van der Waals surface area contributed by atoms with Crippen LogP contribution in [0.3, 0.4) is 0 Å². The summed E-state index contributed by atoms with van der Waals surface area (Å²) in [5.74, 6) is 0. The van der Waals surface area contributed by atoms with Crippen LogP contribution >= 0.6 is 31.9 Å². The molecule has 0 aliphatic carbocycles. The Balaban J connectivity index is 2.65. The largest absolute Gasteiger partial charge is 0.187 e. The van der Waals surface area contributed by atoms with Crippen LogP contribution < -0.4 is 0 Å². The standard InChI is InChI=1S/C11H7Br2N3/c1-16-14-10-8(12)6-4-2-3-5-7(6)9(13)11(10)15-16/h2-5H,1H3. The third kappa shape index (κ3) is 1.31. The van der Waals surface area contributed by atoms with Crippen LogP contribution in [0, 0.1) is 0 Å². The summed E-state index contributed by atoms with van der Waals surface area (Å²) in [4.78, 5) is 1.58. The maximum Gasteiger partial charge on any atom is 0.129 e. The van der Waals surface area contributed by atoms with E-state index in [1.54, 1.807) is 4.80 Å². The topological polar surface area (TPSA) is 30.7 Å². The van der Waals surface area contributed by atoms with Gasteiger partial charge in [-0.2, -0.15) is 15.0 Å². The molecule has 1 heterocycles. The number of hydrogen-bond acceptors (Lipinski definition) is 2. The second kappa shape index (κ2) is 3.53. The highest BCUT2D eigenvalue weighted by atomic mass is 79.9. The highest BCUT2D eigenvalue weighted by molar-refractivity contribution is 9.11. The predicted octanol–water partition coefficient (Wildman–Crippen LogP) is 3.65. The molecule has 0 radical (unpaired) electrons. The summed E-state index contributed by atoms with van der Waals surface area (Å²) in [7, 11) is 1.82. The quantitative estimate of drug-likeness (QED) is 0.625. The summed E-state index contributed by atoms with van der Waals surface area (Å²) in [5.41, 5.74) is 1.76. The van der Waals surface area contributed by atoms with E-state index in [2.05, 4.69) is 54.2 Å². The van der Waals surface area contributed by atoms with E-state index >= 15 is 0 Å². The maximum atomic E-state index is 4.35. The fraction of sp³-hybridized carbons (Fsp3) is 0.0909. The first-order valence-corrected chi connectivity index (χ1v) is 6.34. The van der Waals surface area contributed by atoms with Crippen molar-refractivity contribution in [2.75, 3.05) is 0 Å². The number of aryl methyl sites for hydroxylation is 1. The Hall–Kier alpha value is -0.940. The highest BCUT2D eigenvalue weighted by Gasteiger charge is 2.14. The SMILES string of the molecule is Cn1nc2c(Br)c3ccccc3c(Br)c2n1. The molecule has 1 aromatic heterocycles. The normalized spacial score (nSPS) is 11.4. The zero-order valence-electron chi connectivity index (χ0n) is 8.41. The molecule has 3 aromatic rings. The summed E-state index contributed by atoms with van der Waals surface area (Å²) in [6.07, 6.45) is 0. The Morgan fingerprint density at radius 1 is 0.938 bits per heavy atom. The number of halogens is 2. The van der Waals surface area contributed by atoms with Gasteiger partial charge in [-0.05, 0) is 42.6 Å². The number of hydrogen-bond donors (Lipinski definition) is 0. The van der Waals surface area contributed by atoms with Gasteiger partial charge in [0.25, 0.3) is 0 Å². The van der Waals surface area contributed by atoms with Crippen LogP contribution in [0.15, 0.2) is 33.2 Å². The van der Waals surface area contributed by atoms with Gasteiger partial charge in [0.1, 0.15) is 11.0 Å². The van der Waals surface area contributed by atoms with Crippen molar-refractivity contribution in [2.45, 2.75) is 0 Å². The second-order valence-electron chi connectivity index (χ2n) is 3.56. The van der Waals surface area contributed by atoms with Crippen molar-refractivity contribution in [2.24, 2.45) is 7.05 Å². The fourth-order valence-electron chi connectivity index (χ4n) is 1.82. The van der Waals surface area contributed by atoms with Gasteiger partial charge in [-0.25, -0.2) is 0 Å². The average molecular weight is 341 g/mol. The van der Waals surface area contributed by atoms with Crippen LogP contribution in [-0.4, -0.2) is 15.0 Å². The first kappa shape index (κ1) is 10.2. The third-order valence-electron chi connectivity index (χ3n) is 2.53. The number of aromatic nitrogens is 3. The molecule has 0 aliphatic heterocycles. The van der Waals surface area contributed by atoms with Crippen molar-refractivity contribution in [1.82, 2.24) is 15.0 Å². The van der Waals surface area contributed by atoms with Gasteiger partial charge in [-0.1, -0.05) is 24.3 Å². The zero-order valence-corrected chi connectivity index (χ0v) is 11.6. The third-order valence-corrected chi connectivity index (χ3v) is 4.14. The Labute approximate surface area is 109 Å². The van der Waals surface area contributed by atoms with Gasteiger partial charge in [0.15, 0.2) is 0 Å². The molecule has 3 rings (SSSR count). The van der Waals surface area contributed by atoms with E-state index < -0.39 is 0 Å². The lowest BCUT2D eigenvalue weighted by molar-refractivity contribution is 0.665. The molecule has 3 nitrogen and oxygen atoms in total. The molecule has 0 unspecified atom stereocenters. The average Bonchev–Trinajstić information content (AvgIpc) is 2.68. The molecule has 0 bridgehead atoms. The van der Waals surface area contributed by atoms with Crippen LogP contribution in [0.4, 0.5) is 0 Å². The number of rotatable bonds is 0. The molecule has 0 amide bonds. The van der Waals surface area contributed by atoms with Crippen LogP contribution in [-0.2, 0) is 7.05 Å². The lowest BCUT2D eigenvalue weighted by Crippen LogP contribution is -1.90. The summed E-state index contributed by atoms with van der Waals surface area (Å²) in [6, 6.07) is 8.17. The maximum absolute atomic E-state index is 4.35. The van der Waals surface area contributed by atoms with Gasteiger partial charge in [-0.3, -0.25) is 0 Å². The zero-order chi connectivity index (χ0) is 11.3. The molecule has 0 aliphatic rings. The Bertz CT molecular complexity index is 645. The van der Waals surface area contributed by atoms with Crippen LogP contribution in [0.1, 0.15) is 0 Å². The predicted molar refractivity (Wildman–Crippen MR) is 71.4 cm³/mol. The van der Waals surface area contributed by atoms with Gasteiger partial charge in [0, 0.05) is 7.05 Å². The van der Waals surface area contributed by atoms with E-state index in [9.17, 15) is 0 Å². The van der Waals surface area contributed by atoms with Crippen LogP contribution in [0.25, 0.3) is 21.8 Å². The minimum Gasteiger partial charge on any atom is -0.187 e. The molecule has 0 N–H and O–H groups in total. The summed E-state index contributed by atoms with van der Waals surface area (Å²) in [6.45, 7) is 0. The molecule has 0 saturated heterocycles. The molecule has 16 heavy (non-hydrogen) atoms. The highest BCUT2D eigenvalue weighted by Crippen LogP contribution is 2.37. The minimum absolute atomic E-state index is 0.882. The van der Waals surface area contributed by atoms with Gasteiger partial charge < -0.3 is 0 Å². The van der Waals surface area contributed by atoms with Gasteiger partial charge in [0.2, 0.25) is 0 Å². The van der Waals surface area contributed by atoms with Gasteiger partial charge in [0.05, 0.1) is 8.95 Å². The number of benzene rings is 2. The van der Waals surface area contributed by atoms with E-state index in [4.69, 9.17) is 0 Å². The van der Waals surface area contributed by atoms with E-state index in [-0.39, 0.29) is 0 Å². The molecular weight excluding hydrogens is 334 g/mol. The lowest BCUT2D eigenvalue weighted by Gasteiger charge is -2.03. The number of nitrogens with zero attached hydrogens (tertiary/aromatic N) is 3. The van der Waals surface area contributed by atoms with Crippen LogP contribution in [0.5, 0.6) is 0 Å². The monoisotopic (exact) mass is 339 g/mol. The smallest absolute Gasteiger partial charge is 0.129 e. The van der Waals surface area contributed by atoms with Crippen molar-refractivity contribution >= 4 is 53.7 Å². The fourth-order valence-corrected chi connectivity index (χ4v) is 3.05. The molecular formula is C11H7Br2N3. The van der Waals surface area contributed by atoms with E-state index in [0.717, 1.165) is 30.8 Å². The Kier molecular flexibility index (Phi) is 2.26. The van der Waals surface area contributed by atoms with Crippen LogP contribution in [0.2, 0.25) is 0 Å². The molecule has 0 fully saturated rings. The van der Waals surface area contributed by atoms with Crippen molar-refractivity contribution in [3.63, 3.8) is 0 Å². The van der Waals surface area contributed by atoms with Crippen molar-refractivity contribution in [3.05, 3.63) is 33.2 Å². The second-order valence-corrected chi connectivity index (χ2v) is 5.15. The van der Waals surface area contributed by atoms with Crippen molar-refractivity contribution < 1.29 is 0 Å². The van der Waals surface area contributed by atoms with E-state index in [0.29, 0.717) is 0 Å². The van der Waals surface area contributed by atoms with Gasteiger partial charge in [-0.15, -0.1) is 0 Å². The lowest BCUT2D eigenvalue weighted by atomic mass is 10.1. The first-order chi connectivity index (χ1) is 7.68. The number of fused-ring (bicyclic) bond motifs is 2. The molecule has 0 spiro atoms.